The van der Waals surface area contributed by atoms with E-state index in [1.54, 1.807) is 12.1 Å². The van der Waals surface area contributed by atoms with Gasteiger partial charge in [-0.15, -0.1) is 0 Å². The van der Waals surface area contributed by atoms with Crippen LogP contribution < -0.4 is 9.05 Å². The molecule has 2 aromatic carbocycles. The van der Waals surface area contributed by atoms with Crippen molar-refractivity contribution in [3.8, 4) is 11.5 Å². The third kappa shape index (κ3) is 7.89. The van der Waals surface area contributed by atoms with Crippen LogP contribution in [0.1, 0.15) is 105 Å². The van der Waals surface area contributed by atoms with E-state index in [1.807, 2.05) is 12.1 Å². The Balaban J connectivity index is 0.00000578. The molecule has 4 nitrogen and oxygen atoms in total. The molecule has 0 aliphatic rings. The average molecular weight is 502 g/mol. The molecule has 0 unspecified atom stereocenters. The summed E-state index contributed by atoms with van der Waals surface area (Å²) in [7, 11) is -4.44. The van der Waals surface area contributed by atoms with E-state index >= 15 is 0 Å². The van der Waals surface area contributed by atoms with Crippen LogP contribution in [0.2, 0.25) is 0 Å². The standard InChI is InChI=1S/C28H43O4P.Al/c1-25(2,3)19-13-15-23(21(17-19)27(7,8)9)31-33(29,30)32-24-16-14-20(26(4,5)6)18-22(24)28(10,11)12;/h13-18H,1-12H3,(H,29,30);. The van der Waals surface area contributed by atoms with E-state index in [4.69, 9.17) is 9.05 Å². The lowest BCUT2D eigenvalue weighted by Crippen LogP contribution is -2.18. The molecule has 0 saturated carbocycles. The van der Waals surface area contributed by atoms with Gasteiger partial charge >= 0.3 is 7.82 Å². The smallest absolute Gasteiger partial charge is 0.395 e. The minimum Gasteiger partial charge on any atom is -0.395 e. The number of phosphoric ester groups is 1. The van der Waals surface area contributed by atoms with Crippen LogP contribution >= 0.6 is 7.82 Å². The van der Waals surface area contributed by atoms with E-state index in [-0.39, 0.29) is 39.0 Å². The maximum atomic E-state index is 13.2. The predicted octanol–water partition coefficient (Wildman–Crippen LogP) is 8.05. The fourth-order valence-corrected chi connectivity index (χ4v) is 4.44. The zero-order chi connectivity index (χ0) is 25.6. The second-order valence-corrected chi connectivity index (χ2v) is 14.4. The minimum absolute atomic E-state index is 0. The van der Waals surface area contributed by atoms with E-state index in [9.17, 15) is 9.46 Å². The highest BCUT2D eigenvalue weighted by molar-refractivity contribution is 7.48. The Morgan fingerprint density at radius 1 is 0.588 bits per heavy atom. The Hall–Kier alpha value is -1.24. The topological polar surface area (TPSA) is 55.8 Å². The molecule has 3 radical (unpaired) electrons. The summed E-state index contributed by atoms with van der Waals surface area (Å²) in [6.45, 7) is 25.2. The van der Waals surface area contributed by atoms with Crippen molar-refractivity contribution in [1.29, 1.82) is 0 Å². The molecule has 0 aromatic heterocycles. The van der Waals surface area contributed by atoms with Crippen LogP contribution in [-0.4, -0.2) is 22.3 Å². The van der Waals surface area contributed by atoms with Crippen molar-refractivity contribution < 1.29 is 18.5 Å². The van der Waals surface area contributed by atoms with Crippen LogP contribution in [0.4, 0.5) is 0 Å². The molecule has 0 bridgehead atoms. The average Bonchev–Trinajstić information content (AvgIpc) is 2.57. The van der Waals surface area contributed by atoms with Crippen LogP contribution in [0.5, 0.6) is 11.5 Å². The number of hydrogen-bond acceptors (Lipinski definition) is 3. The first-order valence-corrected chi connectivity index (χ1v) is 13.1. The lowest BCUT2D eigenvalue weighted by atomic mass is 9.80. The molecule has 2 aromatic rings. The van der Waals surface area contributed by atoms with Gasteiger partial charge in [0.05, 0.1) is 0 Å². The van der Waals surface area contributed by atoms with Crippen LogP contribution in [0.25, 0.3) is 0 Å². The van der Waals surface area contributed by atoms with Gasteiger partial charge in [0.25, 0.3) is 0 Å². The summed E-state index contributed by atoms with van der Waals surface area (Å²) in [5, 5.41) is 0. The van der Waals surface area contributed by atoms with E-state index < -0.39 is 7.82 Å². The van der Waals surface area contributed by atoms with E-state index in [0.29, 0.717) is 11.5 Å². The van der Waals surface area contributed by atoms with Gasteiger partial charge in [-0.1, -0.05) is 107 Å². The molecule has 0 aliphatic heterocycles. The van der Waals surface area contributed by atoms with Crippen molar-refractivity contribution in [1.82, 2.24) is 0 Å². The van der Waals surface area contributed by atoms with Gasteiger partial charge in [0.15, 0.2) is 0 Å². The molecule has 0 fully saturated rings. The molecule has 0 heterocycles. The zero-order valence-electron chi connectivity index (χ0n) is 23.2. The fraction of sp³-hybridized carbons (Fsp3) is 0.571. The van der Waals surface area contributed by atoms with Crippen molar-refractivity contribution >= 4 is 25.2 Å². The molecule has 0 atom stereocenters. The monoisotopic (exact) mass is 501 g/mol. The zero-order valence-corrected chi connectivity index (χ0v) is 25.2. The Bertz CT molecular complexity index is 967. The molecular formula is C28H43AlO4P. The Morgan fingerprint density at radius 2 is 0.882 bits per heavy atom. The Labute approximate surface area is 218 Å². The van der Waals surface area contributed by atoms with Crippen molar-refractivity contribution in [3.05, 3.63) is 58.7 Å². The van der Waals surface area contributed by atoms with E-state index in [2.05, 4.69) is 95.2 Å². The van der Waals surface area contributed by atoms with Crippen molar-refractivity contribution in [3.63, 3.8) is 0 Å². The molecule has 6 heteroatoms. The molecule has 0 aliphatic carbocycles. The van der Waals surface area contributed by atoms with Crippen LogP contribution in [0, 0.1) is 0 Å². The van der Waals surface area contributed by atoms with Crippen molar-refractivity contribution in [2.75, 3.05) is 0 Å². The predicted molar refractivity (Wildman–Crippen MR) is 145 cm³/mol. The lowest BCUT2D eigenvalue weighted by Gasteiger charge is -2.29. The second kappa shape index (κ2) is 10.0. The quantitative estimate of drug-likeness (QED) is 0.340. The molecule has 0 spiro atoms. The van der Waals surface area contributed by atoms with Gasteiger partial charge in [0.1, 0.15) is 11.5 Å². The highest BCUT2D eigenvalue weighted by Crippen LogP contribution is 2.50. The van der Waals surface area contributed by atoms with Gasteiger partial charge in [-0.05, 0) is 44.9 Å². The van der Waals surface area contributed by atoms with E-state index in [0.717, 1.165) is 22.3 Å². The molecular weight excluding hydrogens is 458 g/mol. The van der Waals surface area contributed by atoms with Gasteiger partial charge in [-0.2, -0.15) is 0 Å². The van der Waals surface area contributed by atoms with Crippen LogP contribution in [0.3, 0.4) is 0 Å². The maximum Gasteiger partial charge on any atom is 0.584 e. The molecule has 0 saturated heterocycles. The highest BCUT2D eigenvalue weighted by Gasteiger charge is 2.33. The van der Waals surface area contributed by atoms with Gasteiger partial charge in [0, 0.05) is 28.5 Å². The minimum atomic E-state index is -4.44. The number of phosphoric acid groups is 1. The van der Waals surface area contributed by atoms with Crippen molar-refractivity contribution in [2.45, 2.75) is 105 Å². The van der Waals surface area contributed by atoms with Crippen molar-refractivity contribution in [2.24, 2.45) is 0 Å². The van der Waals surface area contributed by atoms with Gasteiger partial charge in [-0.25, -0.2) is 4.57 Å². The maximum absolute atomic E-state index is 13.2. The molecule has 187 valence electrons. The highest BCUT2D eigenvalue weighted by atomic mass is 31.2. The SMILES string of the molecule is CC(C)(C)c1ccc(OP(=O)(O)Oc2ccc(C(C)(C)C)cc2C(C)(C)C)c(C(C)(C)C)c1.[Al]. The Kier molecular flexibility index (Phi) is 9.08. The first kappa shape index (κ1) is 30.8. The molecule has 1 N–H and O–H groups in total. The first-order valence-electron chi connectivity index (χ1n) is 11.6. The summed E-state index contributed by atoms with van der Waals surface area (Å²) in [5.74, 6) is 0.731. The summed E-state index contributed by atoms with van der Waals surface area (Å²) in [5.41, 5.74) is 3.37. The van der Waals surface area contributed by atoms with Crippen LogP contribution in [0.15, 0.2) is 36.4 Å². The summed E-state index contributed by atoms with van der Waals surface area (Å²) in [6, 6.07) is 11.6. The molecule has 2 rings (SSSR count). The van der Waals surface area contributed by atoms with Gasteiger partial charge in [-0.3, -0.25) is 4.89 Å². The Morgan fingerprint density at radius 3 is 1.12 bits per heavy atom. The molecule has 34 heavy (non-hydrogen) atoms. The van der Waals surface area contributed by atoms with E-state index in [1.165, 1.54) is 0 Å². The summed E-state index contributed by atoms with van der Waals surface area (Å²) >= 11 is 0. The lowest BCUT2D eigenvalue weighted by molar-refractivity contribution is 0.286. The third-order valence-electron chi connectivity index (χ3n) is 5.73. The second-order valence-electron chi connectivity index (χ2n) is 13.1. The third-order valence-corrected chi connectivity index (χ3v) is 6.59. The summed E-state index contributed by atoms with van der Waals surface area (Å²) < 4.78 is 24.6. The first-order chi connectivity index (χ1) is 14.6. The number of hydrogen-bond donors (Lipinski definition) is 1. The largest absolute Gasteiger partial charge is 0.584 e. The number of rotatable bonds is 4. The molecule has 0 amide bonds. The summed E-state index contributed by atoms with van der Waals surface area (Å²) in [6.07, 6.45) is 0. The van der Waals surface area contributed by atoms with Crippen LogP contribution in [-0.2, 0) is 26.2 Å². The number of benzene rings is 2. The van der Waals surface area contributed by atoms with Gasteiger partial charge in [0.2, 0.25) is 0 Å². The normalized spacial score (nSPS) is 13.3. The fourth-order valence-electron chi connectivity index (χ4n) is 3.59. The van der Waals surface area contributed by atoms with Gasteiger partial charge < -0.3 is 9.05 Å². The summed E-state index contributed by atoms with van der Waals surface area (Å²) in [4.78, 5) is 10.8.